The first kappa shape index (κ1) is 18.9. The van der Waals surface area contributed by atoms with Crippen LogP contribution < -0.4 is 21.1 Å². The summed E-state index contributed by atoms with van der Waals surface area (Å²) in [4.78, 5) is 23.1. The molecule has 0 aliphatic rings. The molecule has 5 N–H and O–H groups in total. The summed E-state index contributed by atoms with van der Waals surface area (Å²) >= 11 is 0. The number of hydrogen-bond donors (Lipinski definition) is 4. The van der Waals surface area contributed by atoms with E-state index >= 15 is 0 Å². The number of nitrogens with one attached hydrogen (secondary N) is 3. The minimum absolute atomic E-state index is 0.120. The van der Waals surface area contributed by atoms with Gasteiger partial charge < -0.3 is 16.4 Å². The van der Waals surface area contributed by atoms with Gasteiger partial charge >= 0.3 is 6.03 Å². The Hall–Kier alpha value is -2.13. The molecule has 1 aromatic carbocycles. The van der Waals surface area contributed by atoms with Gasteiger partial charge in [-0.25, -0.2) is 17.9 Å². The molecule has 0 aliphatic carbocycles. The summed E-state index contributed by atoms with van der Waals surface area (Å²) in [5.41, 5.74) is 5.79. The maximum atomic E-state index is 12.1. The fourth-order valence-electron chi connectivity index (χ4n) is 1.89. The molecule has 128 valence electrons. The molecule has 0 unspecified atom stereocenters. The van der Waals surface area contributed by atoms with Crippen LogP contribution in [0.1, 0.15) is 19.4 Å². The number of hydrogen-bond acceptors (Lipinski definition) is 4. The molecule has 0 saturated carbocycles. The predicted molar refractivity (Wildman–Crippen MR) is 85.9 cm³/mol. The Balaban J connectivity index is 2.70. The molecule has 0 saturated heterocycles. The van der Waals surface area contributed by atoms with Gasteiger partial charge in [0.2, 0.25) is 15.9 Å². The van der Waals surface area contributed by atoms with E-state index in [0.717, 1.165) is 5.56 Å². The zero-order valence-electron chi connectivity index (χ0n) is 13.3. The van der Waals surface area contributed by atoms with Crippen LogP contribution >= 0.6 is 0 Å². The average Bonchev–Trinajstić information content (AvgIpc) is 2.50. The summed E-state index contributed by atoms with van der Waals surface area (Å²) in [6.07, 6.45) is 0. The molecule has 0 radical (unpaired) electrons. The molecule has 0 bridgehead atoms. The van der Waals surface area contributed by atoms with Gasteiger partial charge in [-0.3, -0.25) is 4.79 Å². The first-order valence-corrected chi connectivity index (χ1v) is 8.52. The molecule has 0 aromatic heterocycles. The van der Waals surface area contributed by atoms with Crippen LogP contribution in [0.2, 0.25) is 0 Å². The lowest BCUT2D eigenvalue weighted by Crippen LogP contribution is -2.51. The van der Waals surface area contributed by atoms with Crippen LogP contribution in [0.15, 0.2) is 29.2 Å². The third-order valence-corrected chi connectivity index (χ3v) is 4.65. The number of rotatable bonds is 7. The molecule has 1 atom stereocenters. The van der Waals surface area contributed by atoms with E-state index in [-0.39, 0.29) is 23.3 Å². The Morgan fingerprint density at radius 1 is 1.17 bits per heavy atom. The van der Waals surface area contributed by atoms with Crippen molar-refractivity contribution in [2.75, 3.05) is 7.05 Å². The summed E-state index contributed by atoms with van der Waals surface area (Å²) in [7, 11) is -2.15. The number of nitrogens with two attached hydrogens (primary N) is 1. The van der Waals surface area contributed by atoms with Gasteiger partial charge in [0.1, 0.15) is 6.04 Å². The first-order valence-electron chi connectivity index (χ1n) is 7.03. The maximum Gasteiger partial charge on any atom is 0.312 e. The topological polar surface area (TPSA) is 130 Å². The first-order chi connectivity index (χ1) is 10.7. The van der Waals surface area contributed by atoms with E-state index < -0.39 is 22.1 Å². The number of primary amides is 1. The van der Waals surface area contributed by atoms with Crippen molar-refractivity contribution in [2.24, 2.45) is 11.7 Å². The highest BCUT2D eigenvalue weighted by Crippen LogP contribution is 2.10. The molecular weight excluding hydrogens is 320 g/mol. The molecule has 1 rings (SSSR count). The molecule has 9 heteroatoms. The summed E-state index contributed by atoms with van der Waals surface area (Å²) in [5.74, 6) is -0.476. The van der Waals surface area contributed by atoms with Gasteiger partial charge in [0, 0.05) is 6.54 Å². The maximum absolute atomic E-state index is 12.1. The van der Waals surface area contributed by atoms with E-state index in [9.17, 15) is 18.0 Å². The van der Waals surface area contributed by atoms with Crippen molar-refractivity contribution in [1.29, 1.82) is 0 Å². The van der Waals surface area contributed by atoms with Crippen molar-refractivity contribution in [3.63, 3.8) is 0 Å². The fourth-order valence-corrected chi connectivity index (χ4v) is 2.62. The molecule has 0 spiro atoms. The summed E-state index contributed by atoms with van der Waals surface area (Å²) in [6, 6.07) is 4.63. The van der Waals surface area contributed by atoms with E-state index in [1.807, 2.05) is 0 Å². The lowest BCUT2D eigenvalue weighted by atomic mass is 10.0. The minimum Gasteiger partial charge on any atom is -0.352 e. The van der Waals surface area contributed by atoms with Crippen molar-refractivity contribution in [3.8, 4) is 0 Å². The number of urea groups is 1. The Labute approximate surface area is 135 Å². The average molecular weight is 342 g/mol. The number of carbonyl (C=O) groups excluding carboxylic acids is 2. The van der Waals surface area contributed by atoms with Crippen LogP contribution in [0.3, 0.4) is 0 Å². The van der Waals surface area contributed by atoms with Crippen molar-refractivity contribution in [1.82, 2.24) is 15.4 Å². The number of carbonyl (C=O) groups is 2. The molecular formula is C14H22N4O4S. The van der Waals surface area contributed by atoms with Crippen LogP contribution in [0.25, 0.3) is 0 Å². The highest BCUT2D eigenvalue weighted by Gasteiger charge is 2.22. The van der Waals surface area contributed by atoms with E-state index in [1.165, 1.54) is 19.2 Å². The van der Waals surface area contributed by atoms with Crippen LogP contribution in [0.5, 0.6) is 0 Å². The molecule has 23 heavy (non-hydrogen) atoms. The van der Waals surface area contributed by atoms with E-state index in [1.54, 1.807) is 26.0 Å². The van der Waals surface area contributed by atoms with Gasteiger partial charge in [-0.05, 0) is 30.7 Å². The molecule has 0 aliphatic heterocycles. The van der Waals surface area contributed by atoms with Gasteiger partial charge in [-0.15, -0.1) is 0 Å². The zero-order valence-corrected chi connectivity index (χ0v) is 14.1. The third-order valence-electron chi connectivity index (χ3n) is 3.22. The van der Waals surface area contributed by atoms with Crippen molar-refractivity contribution in [2.45, 2.75) is 31.3 Å². The smallest absolute Gasteiger partial charge is 0.312 e. The van der Waals surface area contributed by atoms with E-state index in [4.69, 9.17) is 5.73 Å². The van der Waals surface area contributed by atoms with Gasteiger partial charge in [0.15, 0.2) is 0 Å². The molecule has 3 amide bonds. The Morgan fingerprint density at radius 3 is 2.17 bits per heavy atom. The minimum atomic E-state index is -3.48. The van der Waals surface area contributed by atoms with Gasteiger partial charge in [0.05, 0.1) is 4.90 Å². The Morgan fingerprint density at radius 2 is 1.74 bits per heavy atom. The number of sulfonamides is 1. The lowest BCUT2D eigenvalue weighted by molar-refractivity contribution is -0.124. The predicted octanol–water partition coefficient (Wildman–Crippen LogP) is -0.0962. The molecule has 1 aromatic rings. The van der Waals surface area contributed by atoms with Crippen molar-refractivity contribution in [3.05, 3.63) is 29.8 Å². The zero-order chi connectivity index (χ0) is 17.6. The normalized spacial score (nSPS) is 12.7. The highest BCUT2D eigenvalue weighted by atomic mass is 32.2. The standard InChI is InChI=1S/C14H22N4O4S/c1-9(2)12(18-14(15)20)13(19)17-8-10-4-6-11(7-5-10)23(21,22)16-3/h4-7,9,12,16H,8H2,1-3H3,(H,17,19)(H3,15,18,20)/t12-/m0/s1. The monoisotopic (exact) mass is 342 g/mol. The molecule has 8 nitrogen and oxygen atoms in total. The highest BCUT2D eigenvalue weighted by molar-refractivity contribution is 7.89. The summed E-state index contributed by atoms with van der Waals surface area (Å²) in [5, 5.41) is 5.07. The largest absolute Gasteiger partial charge is 0.352 e. The van der Waals surface area contributed by atoms with Gasteiger partial charge in [-0.2, -0.15) is 0 Å². The molecule has 0 heterocycles. The van der Waals surface area contributed by atoms with Gasteiger partial charge in [0.25, 0.3) is 0 Å². The fraction of sp³-hybridized carbons (Fsp3) is 0.429. The summed E-state index contributed by atoms with van der Waals surface area (Å²) in [6.45, 7) is 3.79. The van der Waals surface area contributed by atoms with Gasteiger partial charge in [-0.1, -0.05) is 26.0 Å². The number of amides is 3. The van der Waals surface area contributed by atoms with E-state index in [0.29, 0.717) is 0 Å². The second-order valence-corrected chi connectivity index (χ2v) is 7.19. The lowest BCUT2D eigenvalue weighted by Gasteiger charge is -2.20. The van der Waals surface area contributed by atoms with Crippen molar-refractivity contribution >= 4 is 22.0 Å². The van der Waals surface area contributed by atoms with Crippen LogP contribution in [-0.4, -0.2) is 33.4 Å². The Bertz CT molecular complexity index is 656. The van der Waals surface area contributed by atoms with Crippen molar-refractivity contribution < 1.29 is 18.0 Å². The van der Waals surface area contributed by atoms with Crippen LogP contribution in [0.4, 0.5) is 4.79 Å². The Kier molecular flexibility index (Phi) is 6.52. The van der Waals surface area contributed by atoms with E-state index in [2.05, 4.69) is 15.4 Å². The molecule has 0 fully saturated rings. The SMILES string of the molecule is CNS(=O)(=O)c1ccc(CNC(=O)[C@@H](NC(N)=O)C(C)C)cc1. The summed E-state index contributed by atoms with van der Waals surface area (Å²) < 4.78 is 25.4. The third kappa shape index (κ3) is 5.53. The van der Waals surface area contributed by atoms with Crippen LogP contribution in [-0.2, 0) is 21.4 Å². The second kappa shape index (κ2) is 7.93. The second-order valence-electron chi connectivity index (χ2n) is 5.30. The quantitative estimate of drug-likeness (QED) is 0.551. The number of benzene rings is 1. The van der Waals surface area contributed by atoms with Crippen LogP contribution in [0, 0.1) is 5.92 Å².